The summed E-state index contributed by atoms with van der Waals surface area (Å²) in [5, 5.41) is 0. The van der Waals surface area contributed by atoms with Gasteiger partial charge in [-0.1, -0.05) is 6.42 Å². The van der Waals surface area contributed by atoms with E-state index in [0.29, 0.717) is 45.2 Å². The van der Waals surface area contributed by atoms with Crippen molar-refractivity contribution in [3.8, 4) is 0 Å². The number of H-pyrrole nitrogens is 1. The first-order valence-electron chi connectivity index (χ1n) is 9.65. The molecular formula is C18H27N5O3. The minimum absolute atomic E-state index is 0.0698. The number of hydrogen-bond donors (Lipinski definition) is 1. The van der Waals surface area contributed by atoms with Crippen LogP contribution >= 0.6 is 0 Å². The maximum absolute atomic E-state index is 12.7. The minimum Gasteiger partial charge on any atom is -0.378 e. The summed E-state index contributed by atoms with van der Waals surface area (Å²) in [6.07, 6.45) is 4.19. The number of fused-ring (bicyclic) bond motifs is 1. The molecule has 4 heterocycles. The summed E-state index contributed by atoms with van der Waals surface area (Å²) in [7, 11) is 0. The number of likely N-dealkylation sites (tertiary alicyclic amines) is 1. The molecule has 2 saturated heterocycles. The van der Waals surface area contributed by atoms with Gasteiger partial charge in [0.05, 0.1) is 32.0 Å². The number of ether oxygens (including phenoxy) is 1. The number of carbonyl (C=O) groups is 1. The van der Waals surface area contributed by atoms with E-state index in [9.17, 15) is 9.59 Å². The van der Waals surface area contributed by atoms with E-state index in [1.165, 1.54) is 19.3 Å². The van der Waals surface area contributed by atoms with E-state index in [-0.39, 0.29) is 11.5 Å². The third-order valence-corrected chi connectivity index (χ3v) is 5.53. The molecule has 0 atom stereocenters. The van der Waals surface area contributed by atoms with E-state index in [0.717, 1.165) is 37.4 Å². The second-order valence-electron chi connectivity index (χ2n) is 7.32. The lowest BCUT2D eigenvalue weighted by Gasteiger charge is -2.33. The second kappa shape index (κ2) is 7.75. The first kappa shape index (κ1) is 17.5. The van der Waals surface area contributed by atoms with Crippen molar-refractivity contribution in [2.45, 2.75) is 32.2 Å². The van der Waals surface area contributed by atoms with E-state index in [1.807, 2.05) is 9.80 Å². The summed E-state index contributed by atoms with van der Waals surface area (Å²) in [5.74, 6) is 0.745. The summed E-state index contributed by atoms with van der Waals surface area (Å²) >= 11 is 0. The van der Waals surface area contributed by atoms with Crippen molar-refractivity contribution < 1.29 is 9.53 Å². The Hall–Kier alpha value is -1.93. The van der Waals surface area contributed by atoms with Crippen molar-refractivity contribution in [2.75, 3.05) is 57.4 Å². The van der Waals surface area contributed by atoms with Crippen molar-refractivity contribution in [1.29, 1.82) is 0 Å². The predicted octanol–water partition coefficient (Wildman–Crippen LogP) is -0.0229. The van der Waals surface area contributed by atoms with Crippen LogP contribution in [0, 0.1) is 0 Å². The number of nitrogens with zero attached hydrogens (tertiary/aromatic N) is 4. The first-order chi connectivity index (χ1) is 12.7. The van der Waals surface area contributed by atoms with Gasteiger partial charge in [-0.15, -0.1) is 0 Å². The number of nitrogens with one attached hydrogen (secondary N) is 1. The molecule has 3 aliphatic heterocycles. The molecule has 0 radical (unpaired) electrons. The van der Waals surface area contributed by atoms with Gasteiger partial charge in [-0.05, 0) is 32.4 Å². The number of rotatable bonds is 3. The minimum atomic E-state index is -0.0698. The molecule has 0 unspecified atom stereocenters. The molecule has 0 spiro atoms. The smallest absolute Gasteiger partial charge is 0.255 e. The number of aromatic amines is 1. The first-order valence-corrected chi connectivity index (χ1v) is 9.65. The Morgan fingerprint density at radius 3 is 2.62 bits per heavy atom. The van der Waals surface area contributed by atoms with Crippen molar-refractivity contribution in [3.05, 3.63) is 21.6 Å². The van der Waals surface area contributed by atoms with Crippen LogP contribution in [0.5, 0.6) is 0 Å². The summed E-state index contributed by atoms with van der Waals surface area (Å²) in [6.45, 7) is 6.26. The molecule has 3 aliphatic rings. The zero-order valence-electron chi connectivity index (χ0n) is 15.2. The second-order valence-corrected chi connectivity index (χ2v) is 7.32. The molecule has 0 aliphatic carbocycles. The van der Waals surface area contributed by atoms with Gasteiger partial charge in [-0.2, -0.15) is 0 Å². The van der Waals surface area contributed by atoms with Gasteiger partial charge in [0.1, 0.15) is 0 Å². The molecule has 0 aromatic carbocycles. The Bertz CT molecular complexity index is 707. The molecule has 1 amide bonds. The van der Waals surface area contributed by atoms with Gasteiger partial charge in [0.15, 0.2) is 0 Å². The van der Waals surface area contributed by atoms with Gasteiger partial charge in [0.2, 0.25) is 11.9 Å². The molecular weight excluding hydrogens is 334 g/mol. The standard InChI is InChI=1S/C18H27N5O3/c24-16(13-21-5-2-1-3-6-21)23-7-4-14-15(12-23)19-18(20-17(14)25)22-8-10-26-11-9-22/h1-13H2,(H,19,20,25). The van der Waals surface area contributed by atoms with Crippen LogP contribution in [0.2, 0.25) is 0 Å². The largest absolute Gasteiger partial charge is 0.378 e. The lowest BCUT2D eigenvalue weighted by atomic mass is 10.1. The highest BCUT2D eigenvalue weighted by Gasteiger charge is 2.27. The number of morpholine rings is 1. The maximum atomic E-state index is 12.7. The molecule has 0 bridgehead atoms. The van der Waals surface area contributed by atoms with Crippen LogP contribution in [0.1, 0.15) is 30.5 Å². The highest BCUT2D eigenvalue weighted by Crippen LogP contribution is 2.18. The van der Waals surface area contributed by atoms with Crippen LogP contribution in [-0.2, 0) is 22.5 Å². The van der Waals surface area contributed by atoms with Crippen LogP contribution in [0.4, 0.5) is 5.95 Å². The zero-order valence-corrected chi connectivity index (χ0v) is 15.2. The number of anilines is 1. The monoisotopic (exact) mass is 361 g/mol. The molecule has 1 N–H and O–H groups in total. The zero-order chi connectivity index (χ0) is 17.9. The number of amides is 1. The fraction of sp³-hybridized carbons (Fsp3) is 0.722. The van der Waals surface area contributed by atoms with Gasteiger partial charge in [-0.25, -0.2) is 4.98 Å². The summed E-state index contributed by atoms with van der Waals surface area (Å²) < 4.78 is 5.37. The third kappa shape index (κ3) is 3.76. The van der Waals surface area contributed by atoms with Gasteiger partial charge in [0, 0.05) is 25.2 Å². The maximum Gasteiger partial charge on any atom is 0.255 e. The average Bonchev–Trinajstić information content (AvgIpc) is 2.69. The van der Waals surface area contributed by atoms with Gasteiger partial charge >= 0.3 is 0 Å². The Morgan fingerprint density at radius 2 is 1.85 bits per heavy atom. The number of carbonyl (C=O) groups excluding carboxylic acids is 1. The van der Waals surface area contributed by atoms with Crippen LogP contribution in [0.25, 0.3) is 0 Å². The number of aromatic nitrogens is 2. The number of hydrogen-bond acceptors (Lipinski definition) is 6. The van der Waals surface area contributed by atoms with E-state index in [2.05, 4.69) is 14.9 Å². The molecule has 142 valence electrons. The molecule has 1 aromatic heterocycles. The highest BCUT2D eigenvalue weighted by molar-refractivity contribution is 5.78. The summed E-state index contributed by atoms with van der Waals surface area (Å²) in [5.41, 5.74) is 1.40. The Kier molecular flexibility index (Phi) is 5.21. The fourth-order valence-corrected chi connectivity index (χ4v) is 3.97. The Balaban J connectivity index is 1.47. The highest BCUT2D eigenvalue weighted by atomic mass is 16.5. The summed E-state index contributed by atoms with van der Waals surface area (Å²) in [6, 6.07) is 0. The van der Waals surface area contributed by atoms with Crippen LogP contribution in [0.15, 0.2) is 4.79 Å². The quantitative estimate of drug-likeness (QED) is 0.815. The molecule has 26 heavy (non-hydrogen) atoms. The molecule has 4 rings (SSSR count). The van der Waals surface area contributed by atoms with Crippen molar-refractivity contribution in [2.24, 2.45) is 0 Å². The van der Waals surface area contributed by atoms with Gasteiger partial charge < -0.3 is 14.5 Å². The van der Waals surface area contributed by atoms with Crippen molar-refractivity contribution in [3.63, 3.8) is 0 Å². The van der Waals surface area contributed by atoms with Crippen molar-refractivity contribution >= 4 is 11.9 Å². The Labute approximate surface area is 153 Å². The molecule has 2 fully saturated rings. The van der Waals surface area contributed by atoms with Crippen LogP contribution in [0.3, 0.4) is 0 Å². The topological polar surface area (TPSA) is 81.8 Å². The van der Waals surface area contributed by atoms with E-state index in [1.54, 1.807) is 0 Å². The lowest BCUT2D eigenvalue weighted by Crippen LogP contribution is -2.46. The Morgan fingerprint density at radius 1 is 1.08 bits per heavy atom. The molecule has 8 nitrogen and oxygen atoms in total. The van der Waals surface area contributed by atoms with Gasteiger partial charge in [-0.3, -0.25) is 19.5 Å². The number of piperidine rings is 1. The van der Waals surface area contributed by atoms with Crippen molar-refractivity contribution in [1.82, 2.24) is 19.8 Å². The predicted molar refractivity (Wildman–Crippen MR) is 97.3 cm³/mol. The third-order valence-electron chi connectivity index (χ3n) is 5.53. The summed E-state index contributed by atoms with van der Waals surface area (Å²) in [4.78, 5) is 38.9. The van der Waals surface area contributed by atoms with E-state index < -0.39 is 0 Å². The SMILES string of the molecule is O=C(CN1CCCCC1)N1CCc2c(nc(N3CCOCC3)[nH]c2=O)C1. The normalized spacial score (nSPS) is 21.5. The molecule has 0 saturated carbocycles. The molecule has 1 aromatic rings. The van der Waals surface area contributed by atoms with Gasteiger partial charge in [0.25, 0.3) is 5.56 Å². The lowest BCUT2D eigenvalue weighted by molar-refractivity contribution is -0.133. The van der Waals surface area contributed by atoms with Crippen LogP contribution in [-0.4, -0.2) is 78.2 Å². The molecule has 8 heteroatoms. The average molecular weight is 361 g/mol. The van der Waals surface area contributed by atoms with E-state index in [4.69, 9.17) is 4.74 Å². The fourth-order valence-electron chi connectivity index (χ4n) is 3.97. The van der Waals surface area contributed by atoms with Crippen LogP contribution < -0.4 is 10.5 Å². The van der Waals surface area contributed by atoms with E-state index >= 15 is 0 Å².